The molecule has 0 saturated carbocycles. The standard InChI is InChI=1S/C22H28FN3O3/c1-28-20-8-7-19(13-21(20)29-2)25-22(27)24-14-16-9-11-26(12-10-16)15-17-3-5-18(23)6-4-17/h3-8,13,16H,9-12,14-15H2,1-2H3,(H2,24,25,27). The number of carbonyl (C=O) groups excluding carboxylic acids is 1. The van der Waals surface area contributed by atoms with E-state index in [0.717, 1.165) is 38.0 Å². The van der Waals surface area contributed by atoms with Crippen LogP contribution in [0.3, 0.4) is 0 Å². The minimum atomic E-state index is -0.231. The van der Waals surface area contributed by atoms with E-state index >= 15 is 0 Å². The lowest BCUT2D eigenvalue weighted by molar-refractivity contribution is 0.175. The summed E-state index contributed by atoms with van der Waals surface area (Å²) in [4.78, 5) is 14.6. The number of rotatable bonds is 7. The SMILES string of the molecule is COc1ccc(NC(=O)NCC2CCN(Cc3ccc(F)cc3)CC2)cc1OC. The van der Waals surface area contributed by atoms with Gasteiger partial charge in [-0.3, -0.25) is 4.90 Å². The fourth-order valence-corrected chi connectivity index (χ4v) is 3.52. The van der Waals surface area contributed by atoms with Crippen molar-refractivity contribution in [1.29, 1.82) is 0 Å². The highest BCUT2D eigenvalue weighted by molar-refractivity contribution is 5.89. The fourth-order valence-electron chi connectivity index (χ4n) is 3.52. The molecule has 1 aliphatic heterocycles. The summed E-state index contributed by atoms with van der Waals surface area (Å²) < 4.78 is 23.5. The zero-order chi connectivity index (χ0) is 20.6. The smallest absolute Gasteiger partial charge is 0.319 e. The quantitative estimate of drug-likeness (QED) is 0.739. The first kappa shape index (κ1) is 20.9. The van der Waals surface area contributed by atoms with Gasteiger partial charge in [-0.1, -0.05) is 12.1 Å². The molecule has 29 heavy (non-hydrogen) atoms. The Bertz CT molecular complexity index is 805. The van der Waals surface area contributed by atoms with Gasteiger partial charge in [-0.25, -0.2) is 9.18 Å². The molecule has 0 aliphatic carbocycles. The van der Waals surface area contributed by atoms with Crippen LogP contribution < -0.4 is 20.1 Å². The first-order valence-electron chi connectivity index (χ1n) is 9.81. The summed E-state index contributed by atoms with van der Waals surface area (Å²) in [6.45, 7) is 3.42. The van der Waals surface area contributed by atoms with Crippen LogP contribution in [-0.2, 0) is 6.54 Å². The monoisotopic (exact) mass is 401 g/mol. The molecule has 6 nitrogen and oxygen atoms in total. The number of hydrogen-bond donors (Lipinski definition) is 2. The van der Waals surface area contributed by atoms with Crippen LogP contribution in [-0.4, -0.2) is 44.8 Å². The molecule has 1 aliphatic rings. The molecule has 1 fully saturated rings. The Morgan fingerprint density at radius 1 is 1.07 bits per heavy atom. The highest BCUT2D eigenvalue weighted by Crippen LogP contribution is 2.29. The number of hydrogen-bond acceptors (Lipinski definition) is 4. The van der Waals surface area contributed by atoms with Crippen molar-refractivity contribution in [2.24, 2.45) is 5.92 Å². The van der Waals surface area contributed by atoms with Gasteiger partial charge in [0.25, 0.3) is 0 Å². The van der Waals surface area contributed by atoms with Gasteiger partial charge in [0.15, 0.2) is 11.5 Å². The van der Waals surface area contributed by atoms with E-state index in [1.54, 1.807) is 32.4 Å². The maximum absolute atomic E-state index is 13.0. The van der Waals surface area contributed by atoms with Crippen molar-refractivity contribution in [3.8, 4) is 11.5 Å². The molecule has 0 atom stereocenters. The summed E-state index contributed by atoms with van der Waals surface area (Å²) in [5.74, 6) is 1.44. The van der Waals surface area contributed by atoms with Crippen molar-refractivity contribution in [1.82, 2.24) is 10.2 Å². The second-order valence-electron chi connectivity index (χ2n) is 7.25. The minimum Gasteiger partial charge on any atom is -0.493 e. The molecule has 0 spiro atoms. The number of benzene rings is 2. The summed E-state index contributed by atoms with van der Waals surface area (Å²) in [7, 11) is 3.13. The van der Waals surface area contributed by atoms with Crippen molar-refractivity contribution in [3.05, 3.63) is 53.8 Å². The number of nitrogens with zero attached hydrogens (tertiary/aromatic N) is 1. The molecule has 7 heteroatoms. The lowest BCUT2D eigenvalue weighted by Crippen LogP contribution is -2.39. The zero-order valence-corrected chi connectivity index (χ0v) is 16.9. The van der Waals surface area contributed by atoms with Gasteiger partial charge in [0.05, 0.1) is 14.2 Å². The third-order valence-electron chi connectivity index (χ3n) is 5.22. The largest absolute Gasteiger partial charge is 0.493 e. The number of carbonyl (C=O) groups is 1. The van der Waals surface area contributed by atoms with E-state index in [9.17, 15) is 9.18 Å². The number of likely N-dealkylation sites (tertiary alicyclic amines) is 1. The number of amides is 2. The second-order valence-corrected chi connectivity index (χ2v) is 7.25. The van der Waals surface area contributed by atoms with Gasteiger partial charge < -0.3 is 20.1 Å². The lowest BCUT2D eigenvalue weighted by Gasteiger charge is -2.32. The number of halogens is 1. The van der Waals surface area contributed by atoms with Gasteiger partial charge in [-0.15, -0.1) is 0 Å². The predicted octanol–water partition coefficient (Wildman–Crippen LogP) is 3.88. The molecule has 2 aromatic carbocycles. The molecule has 2 amide bonds. The van der Waals surface area contributed by atoms with Crippen LogP contribution in [0.5, 0.6) is 11.5 Å². The zero-order valence-electron chi connectivity index (χ0n) is 16.9. The number of methoxy groups -OCH3 is 2. The Morgan fingerprint density at radius 3 is 2.41 bits per heavy atom. The maximum atomic E-state index is 13.0. The molecule has 1 saturated heterocycles. The Morgan fingerprint density at radius 2 is 1.76 bits per heavy atom. The maximum Gasteiger partial charge on any atom is 0.319 e. The second kappa shape index (κ2) is 10.1. The average Bonchev–Trinajstić information content (AvgIpc) is 2.74. The van der Waals surface area contributed by atoms with Crippen molar-refractivity contribution in [2.75, 3.05) is 39.2 Å². The van der Waals surface area contributed by atoms with Crippen LogP contribution >= 0.6 is 0 Å². The first-order chi connectivity index (χ1) is 14.1. The predicted molar refractivity (Wildman–Crippen MR) is 111 cm³/mol. The molecule has 0 aromatic heterocycles. The fraction of sp³-hybridized carbons (Fsp3) is 0.409. The molecule has 0 bridgehead atoms. The summed E-state index contributed by atoms with van der Waals surface area (Å²) in [6, 6.07) is 11.7. The molecule has 0 unspecified atom stereocenters. The van der Waals surface area contributed by atoms with Gasteiger partial charge in [0.1, 0.15) is 5.82 Å². The highest BCUT2D eigenvalue weighted by Gasteiger charge is 2.20. The molecule has 2 N–H and O–H groups in total. The molecular formula is C22H28FN3O3. The third kappa shape index (κ3) is 6.09. The van der Waals surface area contributed by atoms with Gasteiger partial charge in [-0.2, -0.15) is 0 Å². The molecule has 156 valence electrons. The van der Waals surface area contributed by atoms with Gasteiger partial charge in [0.2, 0.25) is 0 Å². The van der Waals surface area contributed by atoms with E-state index < -0.39 is 0 Å². The van der Waals surface area contributed by atoms with Crippen LogP contribution in [0, 0.1) is 11.7 Å². The highest BCUT2D eigenvalue weighted by atomic mass is 19.1. The number of anilines is 1. The number of piperidine rings is 1. The topological polar surface area (TPSA) is 62.8 Å². The summed E-state index contributed by atoms with van der Waals surface area (Å²) >= 11 is 0. The number of ether oxygens (including phenoxy) is 2. The van der Waals surface area contributed by atoms with Crippen LogP contribution in [0.25, 0.3) is 0 Å². The van der Waals surface area contributed by atoms with Gasteiger partial charge >= 0.3 is 6.03 Å². The molecular weight excluding hydrogens is 373 g/mol. The Hall–Kier alpha value is -2.80. The van der Waals surface area contributed by atoms with E-state index in [4.69, 9.17) is 9.47 Å². The van der Waals surface area contributed by atoms with Crippen molar-refractivity contribution in [3.63, 3.8) is 0 Å². The van der Waals surface area contributed by atoms with E-state index in [-0.39, 0.29) is 11.8 Å². The normalized spacial score (nSPS) is 15.0. The van der Waals surface area contributed by atoms with Crippen molar-refractivity contribution >= 4 is 11.7 Å². The molecule has 3 rings (SSSR count). The molecule has 0 radical (unpaired) electrons. The van der Waals surface area contributed by atoms with E-state index in [0.29, 0.717) is 29.6 Å². The summed E-state index contributed by atoms with van der Waals surface area (Å²) in [6.07, 6.45) is 2.05. The van der Waals surface area contributed by atoms with Crippen molar-refractivity contribution in [2.45, 2.75) is 19.4 Å². The van der Waals surface area contributed by atoms with Crippen LogP contribution in [0.2, 0.25) is 0 Å². The summed E-state index contributed by atoms with van der Waals surface area (Å²) in [5.41, 5.74) is 1.77. The minimum absolute atomic E-state index is 0.204. The Balaban J connectivity index is 1.39. The van der Waals surface area contributed by atoms with Crippen LogP contribution in [0.1, 0.15) is 18.4 Å². The van der Waals surface area contributed by atoms with Gasteiger partial charge in [0, 0.05) is 24.8 Å². The average molecular weight is 401 g/mol. The van der Waals surface area contributed by atoms with E-state index in [1.165, 1.54) is 12.1 Å². The number of urea groups is 1. The lowest BCUT2D eigenvalue weighted by atomic mass is 9.96. The van der Waals surface area contributed by atoms with Crippen LogP contribution in [0.15, 0.2) is 42.5 Å². The van der Waals surface area contributed by atoms with Crippen LogP contribution in [0.4, 0.5) is 14.9 Å². The van der Waals surface area contributed by atoms with E-state index in [1.807, 2.05) is 12.1 Å². The van der Waals surface area contributed by atoms with E-state index in [2.05, 4.69) is 15.5 Å². The molecule has 2 aromatic rings. The Kier molecular flexibility index (Phi) is 7.30. The van der Waals surface area contributed by atoms with Gasteiger partial charge in [-0.05, 0) is 61.7 Å². The first-order valence-corrected chi connectivity index (χ1v) is 9.81. The Labute approximate surface area is 171 Å². The molecule has 1 heterocycles. The summed E-state index contributed by atoms with van der Waals surface area (Å²) in [5, 5.41) is 5.78. The third-order valence-corrected chi connectivity index (χ3v) is 5.22. The van der Waals surface area contributed by atoms with Crippen molar-refractivity contribution < 1.29 is 18.7 Å². The number of nitrogens with one attached hydrogen (secondary N) is 2.